The summed E-state index contributed by atoms with van der Waals surface area (Å²) in [6.07, 6.45) is 1.70. The number of ether oxygens (including phenoxy) is 1. The SMILES string of the molecule is CN(c1ccc2c(c1)CCO2)C1CC1C(=O)O. The lowest BCUT2D eigenvalue weighted by molar-refractivity contribution is -0.138. The van der Waals surface area contributed by atoms with Crippen molar-refractivity contribution in [1.29, 1.82) is 0 Å². The Morgan fingerprint density at radius 2 is 2.35 bits per heavy atom. The van der Waals surface area contributed by atoms with Crippen LogP contribution in [0.4, 0.5) is 5.69 Å². The van der Waals surface area contributed by atoms with Crippen LogP contribution in [0.5, 0.6) is 5.75 Å². The summed E-state index contributed by atoms with van der Waals surface area (Å²) in [4.78, 5) is 12.9. The maximum Gasteiger partial charge on any atom is 0.308 e. The van der Waals surface area contributed by atoms with Gasteiger partial charge in [-0.2, -0.15) is 0 Å². The summed E-state index contributed by atoms with van der Waals surface area (Å²) >= 11 is 0. The fourth-order valence-corrected chi connectivity index (χ4v) is 2.46. The van der Waals surface area contributed by atoms with Crippen molar-refractivity contribution in [3.05, 3.63) is 23.8 Å². The Balaban J connectivity index is 1.79. The highest BCUT2D eigenvalue weighted by Crippen LogP contribution is 2.39. The van der Waals surface area contributed by atoms with Crippen molar-refractivity contribution in [1.82, 2.24) is 0 Å². The largest absolute Gasteiger partial charge is 0.493 e. The minimum absolute atomic E-state index is 0.146. The van der Waals surface area contributed by atoms with Gasteiger partial charge in [-0.25, -0.2) is 0 Å². The number of benzene rings is 1. The molecule has 0 bridgehead atoms. The summed E-state index contributed by atoms with van der Waals surface area (Å²) in [5, 5.41) is 8.93. The van der Waals surface area contributed by atoms with Gasteiger partial charge in [-0.05, 0) is 30.2 Å². The number of hydrogen-bond acceptors (Lipinski definition) is 3. The Kier molecular flexibility index (Phi) is 2.24. The lowest BCUT2D eigenvalue weighted by Crippen LogP contribution is -2.23. The monoisotopic (exact) mass is 233 g/mol. The minimum Gasteiger partial charge on any atom is -0.493 e. The van der Waals surface area contributed by atoms with Gasteiger partial charge in [0.05, 0.1) is 12.5 Å². The van der Waals surface area contributed by atoms with Crippen LogP contribution in [0.15, 0.2) is 18.2 Å². The van der Waals surface area contributed by atoms with Crippen LogP contribution in [0.1, 0.15) is 12.0 Å². The first-order valence-corrected chi connectivity index (χ1v) is 5.88. The first-order chi connectivity index (χ1) is 8.16. The molecular weight excluding hydrogens is 218 g/mol. The van der Waals surface area contributed by atoms with Gasteiger partial charge in [0.15, 0.2) is 0 Å². The van der Waals surface area contributed by atoms with Crippen molar-refractivity contribution < 1.29 is 14.6 Å². The van der Waals surface area contributed by atoms with E-state index in [-0.39, 0.29) is 12.0 Å². The average molecular weight is 233 g/mol. The Bertz CT molecular complexity index is 472. The van der Waals surface area contributed by atoms with Crippen LogP contribution >= 0.6 is 0 Å². The van der Waals surface area contributed by atoms with Crippen LogP contribution in [0.3, 0.4) is 0 Å². The van der Waals surface area contributed by atoms with E-state index >= 15 is 0 Å². The Morgan fingerprint density at radius 1 is 1.53 bits per heavy atom. The van der Waals surface area contributed by atoms with E-state index in [0.29, 0.717) is 0 Å². The molecule has 1 aliphatic carbocycles. The molecule has 2 aliphatic rings. The molecule has 0 amide bonds. The van der Waals surface area contributed by atoms with Crippen molar-refractivity contribution in [2.45, 2.75) is 18.9 Å². The normalized spacial score (nSPS) is 25.0. The maximum absolute atomic E-state index is 10.8. The highest BCUT2D eigenvalue weighted by Gasteiger charge is 2.46. The summed E-state index contributed by atoms with van der Waals surface area (Å²) in [7, 11) is 1.96. The molecule has 1 N–H and O–H groups in total. The molecule has 1 heterocycles. The van der Waals surface area contributed by atoms with E-state index < -0.39 is 5.97 Å². The fourth-order valence-electron chi connectivity index (χ4n) is 2.46. The van der Waals surface area contributed by atoms with Crippen LogP contribution in [-0.2, 0) is 11.2 Å². The Labute approximate surface area is 99.8 Å². The quantitative estimate of drug-likeness (QED) is 0.860. The van der Waals surface area contributed by atoms with E-state index in [9.17, 15) is 4.79 Å². The van der Waals surface area contributed by atoms with Crippen LogP contribution in [-0.4, -0.2) is 30.8 Å². The standard InChI is InChI=1S/C13H15NO3/c1-14(11-7-10(11)13(15)16)9-2-3-12-8(6-9)4-5-17-12/h2-3,6,10-11H,4-5,7H2,1H3,(H,15,16). The molecule has 1 aromatic carbocycles. The molecule has 2 atom stereocenters. The van der Waals surface area contributed by atoms with Gasteiger partial charge in [-0.3, -0.25) is 4.79 Å². The van der Waals surface area contributed by atoms with Crippen LogP contribution < -0.4 is 9.64 Å². The molecule has 4 nitrogen and oxygen atoms in total. The molecule has 0 saturated heterocycles. The predicted molar refractivity (Wildman–Crippen MR) is 63.6 cm³/mol. The molecule has 1 fully saturated rings. The highest BCUT2D eigenvalue weighted by molar-refractivity contribution is 5.76. The molecule has 0 spiro atoms. The molecule has 4 heteroatoms. The van der Waals surface area contributed by atoms with Crippen LogP contribution in [0, 0.1) is 5.92 Å². The van der Waals surface area contributed by atoms with Crippen LogP contribution in [0.2, 0.25) is 0 Å². The molecule has 1 aliphatic heterocycles. The zero-order valence-electron chi connectivity index (χ0n) is 9.72. The summed E-state index contributed by atoms with van der Waals surface area (Å²) in [5.41, 5.74) is 2.31. The Morgan fingerprint density at radius 3 is 3.06 bits per heavy atom. The molecule has 3 rings (SSSR count). The smallest absolute Gasteiger partial charge is 0.308 e. The van der Waals surface area contributed by atoms with E-state index in [1.165, 1.54) is 5.56 Å². The summed E-state index contributed by atoms with van der Waals surface area (Å²) in [6.45, 7) is 0.754. The number of hydrogen-bond donors (Lipinski definition) is 1. The zero-order valence-corrected chi connectivity index (χ0v) is 9.72. The highest BCUT2D eigenvalue weighted by atomic mass is 16.5. The molecule has 0 aromatic heterocycles. The lowest BCUT2D eigenvalue weighted by atomic mass is 10.1. The third-order valence-corrected chi connectivity index (χ3v) is 3.65. The summed E-state index contributed by atoms with van der Waals surface area (Å²) < 4.78 is 5.46. The van der Waals surface area contributed by atoms with Crippen molar-refractivity contribution >= 4 is 11.7 Å². The van der Waals surface area contributed by atoms with Gasteiger partial charge in [-0.1, -0.05) is 0 Å². The second-order valence-electron chi connectivity index (χ2n) is 4.75. The molecule has 0 radical (unpaired) electrons. The van der Waals surface area contributed by atoms with Crippen molar-refractivity contribution in [2.75, 3.05) is 18.6 Å². The van der Waals surface area contributed by atoms with E-state index in [4.69, 9.17) is 9.84 Å². The zero-order chi connectivity index (χ0) is 12.0. The second-order valence-corrected chi connectivity index (χ2v) is 4.75. The van der Waals surface area contributed by atoms with Crippen molar-refractivity contribution in [3.63, 3.8) is 0 Å². The number of carboxylic acid groups (broad SMARTS) is 1. The van der Waals surface area contributed by atoms with Gasteiger partial charge < -0.3 is 14.7 Å². The first-order valence-electron chi connectivity index (χ1n) is 5.88. The van der Waals surface area contributed by atoms with Gasteiger partial charge in [0.2, 0.25) is 0 Å². The molecule has 90 valence electrons. The number of nitrogens with zero attached hydrogens (tertiary/aromatic N) is 1. The first kappa shape index (κ1) is 10.4. The molecule has 17 heavy (non-hydrogen) atoms. The average Bonchev–Trinajstić information content (AvgIpc) is 2.99. The number of aliphatic carboxylic acids is 1. The summed E-state index contributed by atoms with van der Waals surface area (Å²) in [5.74, 6) is 0.0728. The molecule has 2 unspecified atom stereocenters. The van der Waals surface area contributed by atoms with Crippen molar-refractivity contribution in [2.24, 2.45) is 5.92 Å². The second kappa shape index (κ2) is 3.65. The van der Waals surface area contributed by atoms with Gasteiger partial charge in [0.1, 0.15) is 5.75 Å². The minimum atomic E-state index is -0.689. The predicted octanol–water partition coefficient (Wildman–Crippen LogP) is 1.53. The van der Waals surface area contributed by atoms with E-state index in [1.54, 1.807) is 0 Å². The van der Waals surface area contributed by atoms with Gasteiger partial charge >= 0.3 is 5.97 Å². The summed E-state index contributed by atoms with van der Waals surface area (Å²) in [6, 6.07) is 6.24. The van der Waals surface area contributed by atoms with E-state index in [2.05, 4.69) is 11.0 Å². The van der Waals surface area contributed by atoms with Gasteiger partial charge in [0, 0.05) is 25.2 Å². The maximum atomic E-state index is 10.8. The third-order valence-electron chi connectivity index (χ3n) is 3.65. The number of rotatable bonds is 3. The number of carboxylic acids is 1. The lowest BCUT2D eigenvalue weighted by Gasteiger charge is -2.19. The molecule has 1 aromatic rings. The van der Waals surface area contributed by atoms with Crippen molar-refractivity contribution in [3.8, 4) is 5.75 Å². The van der Waals surface area contributed by atoms with Gasteiger partial charge in [-0.15, -0.1) is 0 Å². The number of anilines is 1. The molecule has 1 saturated carbocycles. The Hall–Kier alpha value is -1.71. The molecular formula is C13H15NO3. The number of carbonyl (C=O) groups is 1. The van der Waals surface area contributed by atoms with Gasteiger partial charge in [0.25, 0.3) is 0 Å². The van der Waals surface area contributed by atoms with E-state index in [0.717, 1.165) is 30.9 Å². The number of fused-ring (bicyclic) bond motifs is 1. The van der Waals surface area contributed by atoms with Crippen LogP contribution in [0.25, 0.3) is 0 Å². The van der Waals surface area contributed by atoms with E-state index in [1.807, 2.05) is 19.2 Å². The fraction of sp³-hybridized carbons (Fsp3) is 0.462. The third kappa shape index (κ3) is 1.73. The topological polar surface area (TPSA) is 49.8 Å².